The third-order valence-electron chi connectivity index (χ3n) is 2.83. The van der Waals surface area contributed by atoms with Crippen LogP contribution in [0.4, 0.5) is 0 Å². The van der Waals surface area contributed by atoms with Crippen LogP contribution in [0.1, 0.15) is 33.6 Å². The number of hydrogen-bond acceptors (Lipinski definition) is 3. The Bertz CT molecular complexity index is 411. The van der Waals surface area contributed by atoms with Crippen LogP contribution in [0.15, 0.2) is 23.0 Å². The maximum Gasteiger partial charge on any atom is 0.232 e. The summed E-state index contributed by atoms with van der Waals surface area (Å²) in [7, 11) is 0. The predicted molar refractivity (Wildman–Crippen MR) is 55.2 cm³/mol. The van der Waals surface area contributed by atoms with Crippen molar-refractivity contribution in [3.63, 3.8) is 0 Å². The van der Waals surface area contributed by atoms with E-state index in [0.29, 0.717) is 17.8 Å². The fraction of sp³-hybridized carbons (Fsp3) is 0.500. The molecule has 0 aromatic carbocycles. The van der Waals surface area contributed by atoms with Crippen molar-refractivity contribution in [3.8, 4) is 0 Å². The Kier molecular flexibility index (Phi) is 2.07. The molecule has 0 radical (unpaired) electrons. The van der Waals surface area contributed by atoms with Crippen molar-refractivity contribution in [1.29, 1.82) is 0 Å². The molecule has 0 amide bonds. The van der Waals surface area contributed by atoms with Gasteiger partial charge in [-0.3, -0.25) is 9.59 Å². The van der Waals surface area contributed by atoms with E-state index in [4.69, 9.17) is 4.74 Å². The third-order valence-corrected chi connectivity index (χ3v) is 2.83. The Hall–Kier alpha value is -1.38. The van der Waals surface area contributed by atoms with E-state index in [-0.39, 0.29) is 5.60 Å². The molecule has 1 aliphatic carbocycles. The van der Waals surface area contributed by atoms with Crippen LogP contribution in [-0.4, -0.2) is 17.2 Å². The highest BCUT2D eigenvalue weighted by molar-refractivity contribution is 6.48. The van der Waals surface area contributed by atoms with Crippen LogP contribution in [0.3, 0.4) is 0 Å². The van der Waals surface area contributed by atoms with Gasteiger partial charge in [0.1, 0.15) is 11.4 Å². The Labute approximate surface area is 88.8 Å². The molecule has 0 bridgehead atoms. The van der Waals surface area contributed by atoms with Crippen molar-refractivity contribution in [2.45, 2.75) is 39.2 Å². The number of allylic oxidation sites excluding steroid dienone is 3. The SMILES string of the molecule is CC1=CC(=O)C(=O)C2=C1OC(C)(C)CC2. The van der Waals surface area contributed by atoms with Gasteiger partial charge in [0.2, 0.25) is 11.6 Å². The molecule has 2 aliphatic rings. The molecule has 3 nitrogen and oxygen atoms in total. The number of hydrogen-bond donors (Lipinski definition) is 0. The van der Waals surface area contributed by atoms with Gasteiger partial charge in [0, 0.05) is 5.57 Å². The lowest BCUT2D eigenvalue weighted by molar-refractivity contribution is -0.132. The summed E-state index contributed by atoms with van der Waals surface area (Å²) in [6, 6.07) is 0. The first-order chi connectivity index (χ1) is 6.91. The molecule has 3 heteroatoms. The Morgan fingerprint density at radius 2 is 2.00 bits per heavy atom. The lowest BCUT2D eigenvalue weighted by Gasteiger charge is -2.35. The lowest BCUT2D eigenvalue weighted by Crippen LogP contribution is -2.34. The zero-order chi connectivity index (χ0) is 11.2. The number of carbonyl (C=O) groups excluding carboxylic acids is 2. The summed E-state index contributed by atoms with van der Waals surface area (Å²) in [5, 5.41) is 0. The first-order valence-corrected chi connectivity index (χ1v) is 5.10. The van der Waals surface area contributed by atoms with Crippen molar-refractivity contribution in [3.05, 3.63) is 23.0 Å². The van der Waals surface area contributed by atoms with Gasteiger partial charge in [-0.25, -0.2) is 0 Å². The molecule has 0 N–H and O–H groups in total. The molecule has 1 aliphatic heterocycles. The zero-order valence-electron chi connectivity index (χ0n) is 9.22. The van der Waals surface area contributed by atoms with Crippen molar-refractivity contribution < 1.29 is 14.3 Å². The molecule has 0 atom stereocenters. The minimum absolute atomic E-state index is 0.241. The van der Waals surface area contributed by atoms with Crippen LogP contribution in [0.2, 0.25) is 0 Å². The van der Waals surface area contributed by atoms with Crippen LogP contribution < -0.4 is 0 Å². The van der Waals surface area contributed by atoms with Gasteiger partial charge in [-0.05, 0) is 45.3 Å². The van der Waals surface area contributed by atoms with Gasteiger partial charge in [-0.1, -0.05) is 0 Å². The fourth-order valence-electron chi connectivity index (χ4n) is 1.94. The molecule has 0 spiro atoms. The Balaban J connectivity index is 2.45. The van der Waals surface area contributed by atoms with Crippen LogP contribution in [-0.2, 0) is 14.3 Å². The highest BCUT2D eigenvalue weighted by atomic mass is 16.5. The van der Waals surface area contributed by atoms with Crippen molar-refractivity contribution in [2.24, 2.45) is 0 Å². The normalized spacial score (nSPS) is 24.6. The summed E-state index contributed by atoms with van der Waals surface area (Å²) in [5.41, 5.74) is 1.08. The van der Waals surface area contributed by atoms with E-state index in [2.05, 4.69) is 0 Å². The van der Waals surface area contributed by atoms with E-state index >= 15 is 0 Å². The topological polar surface area (TPSA) is 43.4 Å². The highest BCUT2D eigenvalue weighted by Crippen LogP contribution is 2.36. The molecular weight excluding hydrogens is 192 g/mol. The van der Waals surface area contributed by atoms with E-state index in [1.54, 1.807) is 6.92 Å². The summed E-state index contributed by atoms with van der Waals surface area (Å²) < 4.78 is 5.75. The summed E-state index contributed by atoms with van der Waals surface area (Å²) in [6.07, 6.45) is 2.78. The molecular formula is C12H14O3. The van der Waals surface area contributed by atoms with Gasteiger partial charge in [-0.15, -0.1) is 0 Å². The second kappa shape index (κ2) is 3.05. The molecule has 1 heterocycles. The van der Waals surface area contributed by atoms with Gasteiger partial charge in [0.25, 0.3) is 0 Å². The molecule has 80 valence electrons. The molecule has 0 aromatic heterocycles. The van der Waals surface area contributed by atoms with E-state index in [9.17, 15) is 9.59 Å². The number of rotatable bonds is 0. The zero-order valence-corrected chi connectivity index (χ0v) is 9.22. The van der Waals surface area contributed by atoms with Crippen LogP contribution in [0.25, 0.3) is 0 Å². The van der Waals surface area contributed by atoms with Crippen molar-refractivity contribution in [2.75, 3.05) is 0 Å². The van der Waals surface area contributed by atoms with Gasteiger partial charge in [0.05, 0.1) is 0 Å². The van der Waals surface area contributed by atoms with Crippen LogP contribution in [0.5, 0.6) is 0 Å². The number of carbonyl (C=O) groups is 2. The minimum Gasteiger partial charge on any atom is -0.487 e. The molecule has 0 fully saturated rings. The van der Waals surface area contributed by atoms with Gasteiger partial charge in [-0.2, -0.15) is 0 Å². The third kappa shape index (κ3) is 1.62. The van der Waals surface area contributed by atoms with E-state index < -0.39 is 11.6 Å². The van der Waals surface area contributed by atoms with Crippen LogP contribution in [0, 0.1) is 0 Å². The van der Waals surface area contributed by atoms with Gasteiger partial charge >= 0.3 is 0 Å². The quantitative estimate of drug-likeness (QED) is 0.449. The van der Waals surface area contributed by atoms with Crippen molar-refractivity contribution >= 4 is 11.6 Å². The number of ether oxygens (including phenoxy) is 1. The highest BCUT2D eigenvalue weighted by Gasteiger charge is 2.36. The summed E-state index contributed by atoms with van der Waals surface area (Å²) in [4.78, 5) is 22.9. The van der Waals surface area contributed by atoms with Gasteiger partial charge < -0.3 is 4.74 Å². The second-order valence-corrected chi connectivity index (χ2v) is 4.69. The average Bonchev–Trinajstić information content (AvgIpc) is 2.13. The molecule has 0 aromatic rings. The standard InChI is InChI=1S/C12H14O3/c1-7-6-9(13)10(14)8-4-5-12(2,3)15-11(7)8/h6H,4-5H2,1-3H3. The van der Waals surface area contributed by atoms with Gasteiger partial charge in [0.15, 0.2) is 0 Å². The van der Waals surface area contributed by atoms with E-state index in [0.717, 1.165) is 12.0 Å². The first-order valence-electron chi connectivity index (χ1n) is 5.10. The number of Topliss-reactive ketones (excluding diaryl/α,β-unsaturated/α-hetero) is 1. The summed E-state index contributed by atoms with van der Waals surface area (Å²) in [5.74, 6) is -0.198. The predicted octanol–water partition coefficient (Wildman–Crippen LogP) is 1.93. The van der Waals surface area contributed by atoms with Crippen molar-refractivity contribution in [1.82, 2.24) is 0 Å². The van der Waals surface area contributed by atoms with E-state index in [1.807, 2.05) is 13.8 Å². The fourth-order valence-corrected chi connectivity index (χ4v) is 1.94. The molecule has 15 heavy (non-hydrogen) atoms. The maximum absolute atomic E-state index is 11.6. The molecule has 0 unspecified atom stereocenters. The lowest BCUT2D eigenvalue weighted by atomic mass is 9.86. The molecule has 0 saturated carbocycles. The van der Waals surface area contributed by atoms with E-state index in [1.165, 1.54) is 6.08 Å². The van der Waals surface area contributed by atoms with Crippen LogP contribution >= 0.6 is 0 Å². The largest absolute Gasteiger partial charge is 0.487 e. The maximum atomic E-state index is 11.6. The molecule has 0 saturated heterocycles. The molecule has 2 rings (SSSR count). The average molecular weight is 206 g/mol. The summed E-state index contributed by atoms with van der Waals surface area (Å²) in [6.45, 7) is 5.79. The summed E-state index contributed by atoms with van der Waals surface area (Å²) >= 11 is 0. The first kappa shape index (κ1) is 10.1. The Morgan fingerprint density at radius 3 is 2.67 bits per heavy atom. The smallest absolute Gasteiger partial charge is 0.232 e. The Morgan fingerprint density at radius 1 is 1.33 bits per heavy atom. The number of ketones is 2. The monoisotopic (exact) mass is 206 g/mol. The minimum atomic E-state index is -0.422. The second-order valence-electron chi connectivity index (χ2n) is 4.69.